The first kappa shape index (κ1) is 17.0. The number of benzene rings is 1. The van der Waals surface area contributed by atoms with E-state index in [-0.39, 0.29) is 17.9 Å². The molecule has 1 saturated heterocycles. The molecule has 0 saturated carbocycles. The van der Waals surface area contributed by atoms with Crippen LogP contribution in [0.4, 0.5) is 5.00 Å². The van der Waals surface area contributed by atoms with Crippen LogP contribution < -0.4 is 16.0 Å². The lowest BCUT2D eigenvalue weighted by molar-refractivity contribution is 0.0932. The third kappa shape index (κ3) is 3.95. The maximum Gasteiger partial charge on any atom is 0.257 e. The van der Waals surface area contributed by atoms with E-state index in [0.29, 0.717) is 21.2 Å². The van der Waals surface area contributed by atoms with Gasteiger partial charge in [-0.2, -0.15) is 0 Å². The van der Waals surface area contributed by atoms with E-state index in [2.05, 4.69) is 16.0 Å². The van der Waals surface area contributed by atoms with Gasteiger partial charge in [-0.15, -0.1) is 11.3 Å². The maximum absolute atomic E-state index is 12.5. The van der Waals surface area contributed by atoms with Gasteiger partial charge in [-0.05, 0) is 43.0 Å². The Labute approximate surface area is 149 Å². The second-order valence-corrected chi connectivity index (χ2v) is 6.94. The average molecular weight is 364 g/mol. The zero-order valence-electron chi connectivity index (χ0n) is 13.0. The van der Waals surface area contributed by atoms with Gasteiger partial charge in [0.1, 0.15) is 5.00 Å². The molecule has 1 aliphatic rings. The van der Waals surface area contributed by atoms with Crippen molar-refractivity contribution >= 4 is 39.8 Å². The molecule has 1 aliphatic heterocycles. The molecule has 3 N–H and O–H groups in total. The minimum absolute atomic E-state index is 0.123. The average Bonchev–Trinajstić information content (AvgIpc) is 3.04. The molecule has 0 radical (unpaired) electrons. The van der Waals surface area contributed by atoms with Gasteiger partial charge in [0.25, 0.3) is 11.8 Å². The summed E-state index contributed by atoms with van der Waals surface area (Å²) in [4.78, 5) is 24.8. The van der Waals surface area contributed by atoms with Crippen LogP contribution in [0.1, 0.15) is 33.6 Å². The molecule has 2 heterocycles. The second-order valence-electron chi connectivity index (χ2n) is 5.61. The topological polar surface area (TPSA) is 70.2 Å². The molecule has 0 aliphatic carbocycles. The highest BCUT2D eigenvalue weighted by atomic mass is 35.5. The van der Waals surface area contributed by atoms with Crippen LogP contribution >= 0.6 is 22.9 Å². The Morgan fingerprint density at radius 3 is 2.75 bits per heavy atom. The summed E-state index contributed by atoms with van der Waals surface area (Å²) >= 11 is 7.36. The molecule has 0 unspecified atom stereocenters. The van der Waals surface area contributed by atoms with Gasteiger partial charge < -0.3 is 16.0 Å². The quantitative estimate of drug-likeness (QED) is 0.781. The first-order valence-electron chi connectivity index (χ1n) is 7.80. The minimum atomic E-state index is -0.323. The van der Waals surface area contributed by atoms with Crippen molar-refractivity contribution in [3.8, 4) is 0 Å². The van der Waals surface area contributed by atoms with Gasteiger partial charge in [-0.1, -0.05) is 23.7 Å². The van der Waals surface area contributed by atoms with E-state index in [1.54, 1.807) is 35.7 Å². The van der Waals surface area contributed by atoms with Crippen LogP contribution in [0, 0.1) is 0 Å². The summed E-state index contributed by atoms with van der Waals surface area (Å²) in [6.07, 6.45) is 2.01. The normalized spacial score (nSPS) is 17.3. The zero-order valence-corrected chi connectivity index (χ0v) is 14.5. The third-order valence-electron chi connectivity index (χ3n) is 3.89. The van der Waals surface area contributed by atoms with Crippen LogP contribution in [0.25, 0.3) is 0 Å². The van der Waals surface area contributed by atoms with Crippen molar-refractivity contribution in [2.75, 3.05) is 18.4 Å². The van der Waals surface area contributed by atoms with Crippen LogP contribution in [-0.2, 0) is 0 Å². The standard InChI is InChI=1S/C17H18ClN3O2S/c18-14-6-2-1-5-12(14)15(22)21-17-13(7-9-24-17)16(23)20-11-4-3-8-19-10-11/h1-2,5-7,9,11,19H,3-4,8,10H2,(H,20,23)(H,21,22)/t11-/m0/s1. The van der Waals surface area contributed by atoms with Gasteiger partial charge in [0.15, 0.2) is 0 Å². The summed E-state index contributed by atoms with van der Waals surface area (Å²) in [5, 5.41) is 11.8. The number of amides is 2. The molecule has 5 nitrogen and oxygen atoms in total. The van der Waals surface area contributed by atoms with Crippen molar-refractivity contribution < 1.29 is 9.59 Å². The predicted octanol–water partition coefficient (Wildman–Crippen LogP) is 3.14. The molecule has 2 amide bonds. The number of thiophene rings is 1. The summed E-state index contributed by atoms with van der Waals surface area (Å²) in [5.74, 6) is -0.490. The number of carbonyl (C=O) groups is 2. The number of anilines is 1. The lowest BCUT2D eigenvalue weighted by Crippen LogP contribution is -2.45. The van der Waals surface area contributed by atoms with Crippen LogP contribution in [0.5, 0.6) is 0 Å². The molecule has 1 aromatic carbocycles. The Hall–Kier alpha value is -1.89. The molecule has 3 rings (SSSR count). The summed E-state index contributed by atoms with van der Waals surface area (Å²) in [5.41, 5.74) is 0.862. The summed E-state index contributed by atoms with van der Waals surface area (Å²) in [6.45, 7) is 1.77. The Balaban J connectivity index is 1.69. The SMILES string of the molecule is O=C(Nc1sccc1C(=O)N[C@H]1CCCNC1)c1ccccc1Cl. The van der Waals surface area contributed by atoms with Crippen molar-refractivity contribution in [2.24, 2.45) is 0 Å². The largest absolute Gasteiger partial charge is 0.348 e. The predicted molar refractivity (Wildman–Crippen MR) is 97.1 cm³/mol. The first-order valence-corrected chi connectivity index (χ1v) is 9.06. The van der Waals surface area contributed by atoms with E-state index in [4.69, 9.17) is 11.6 Å². The number of carbonyl (C=O) groups excluding carboxylic acids is 2. The van der Waals surface area contributed by atoms with Gasteiger partial charge in [0, 0.05) is 12.6 Å². The molecular formula is C17H18ClN3O2S. The molecule has 1 fully saturated rings. The molecule has 7 heteroatoms. The number of piperidine rings is 1. The maximum atomic E-state index is 12.5. The monoisotopic (exact) mass is 363 g/mol. The molecule has 2 aromatic rings. The highest BCUT2D eigenvalue weighted by Crippen LogP contribution is 2.25. The first-order chi connectivity index (χ1) is 11.6. The molecular weight excluding hydrogens is 346 g/mol. The van der Waals surface area contributed by atoms with Crippen LogP contribution in [0.2, 0.25) is 5.02 Å². The third-order valence-corrected chi connectivity index (χ3v) is 5.05. The number of hydrogen-bond donors (Lipinski definition) is 3. The summed E-state index contributed by atoms with van der Waals surface area (Å²) in [6, 6.07) is 8.67. The Morgan fingerprint density at radius 2 is 2.00 bits per heavy atom. The Kier molecular flexibility index (Phi) is 5.50. The molecule has 1 aromatic heterocycles. The van der Waals surface area contributed by atoms with Crippen LogP contribution in [-0.4, -0.2) is 30.9 Å². The van der Waals surface area contributed by atoms with Crippen molar-refractivity contribution in [1.29, 1.82) is 0 Å². The lowest BCUT2D eigenvalue weighted by atomic mass is 10.1. The number of rotatable bonds is 4. The number of nitrogens with one attached hydrogen (secondary N) is 3. The minimum Gasteiger partial charge on any atom is -0.348 e. The fraction of sp³-hybridized carbons (Fsp3) is 0.294. The molecule has 1 atom stereocenters. The van der Waals surface area contributed by atoms with E-state index in [1.165, 1.54) is 11.3 Å². The van der Waals surface area contributed by atoms with Gasteiger partial charge in [0.05, 0.1) is 16.1 Å². The van der Waals surface area contributed by atoms with E-state index in [9.17, 15) is 9.59 Å². The van der Waals surface area contributed by atoms with Crippen LogP contribution in [0.3, 0.4) is 0 Å². The van der Waals surface area contributed by atoms with E-state index in [1.807, 2.05) is 0 Å². The Morgan fingerprint density at radius 1 is 1.17 bits per heavy atom. The highest BCUT2D eigenvalue weighted by molar-refractivity contribution is 7.14. The Bertz CT molecular complexity index is 741. The summed E-state index contributed by atoms with van der Waals surface area (Å²) in [7, 11) is 0. The van der Waals surface area contributed by atoms with E-state index in [0.717, 1.165) is 25.9 Å². The van der Waals surface area contributed by atoms with Crippen molar-refractivity contribution in [1.82, 2.24) is 10.6 Å². The number of hydrogen-bond acceptors (Lipinski definition) is 4. The van der Waals surface area contributed by atoms with E-state index >= 15 is 0 Å². The van der Waals surface area contributed by atoms with Gasteiger partial charge in [-0.3, -0.25) is 9.59 Å². The second kappa shape index (κ2) is 7.79. The van der Waals surface area contributed by atoms with E-state index < -0.39 is 0 Å². The zero-order chi connectivity index (χ0) is 16.9. The van der Waals surface area contributed by atoms with Gasteiger partial charge in [-0.25, -0.2) is 0 Å². The fourth-order valence-corrected chi connectivity index (χ4v) is 3.64. The highest BCUT2D eigenvalue weighted by Gasteiger charge is 2.20. The van der Waals surface area contributed by atoms with Crippen molar-refractivity contribution in [2.45, 2.75) is 18.9 Å². The van der Waals surface area contributed by atoms with Gasteiger partial charge in [0.2, 0.25) is 0 Å². The van der Waals surface area contributed by atoms with Crippen LogP contribution in [0.15, 0.2) is 35.7 Å². The lowest BCUT2D eigenvalue weighted by Gasteiger charge is -2.23. The number of halogens is 1. The van der Waals surface area contributed by atoms with Gasteiger partial charge >= 0.3 is 0 Å². The van der Waals surface area contributed by atoms with Crippen molar-refractivity contribution in [3.63, 3.8) is 0 Å². The molecule has 0 bridgehead atoms. The van der Waals surface area contributed by atoms with Crippen molar-refractivity contribution in [3.05, 3.63) is 51.9 Å². The fourth-order valence-electron chi connectivity index (χ4n) is 2.64. The smallest absolute Gasteiger partial charge is 0.257 e. The summed E-state index contributed by atoms with van der Waals surface area (Å²) < 4.78 is 0. The molecule has 24 heavy (non-hydrogen) atoms. The molecule has 126 valence electrons. The molecule has 0 spiro atoms.